The first kappa shape index (κ1) is 20.3. The Labute approximate surface area is 176 Å². The first-order valence-corrected chi connectivity index (χ1v) is 10.6. The molecular formula is C22H28N6O2. The van der Waals surface area contributed by atoms with E-state index in [9.17, 15) is 9.59 Å². The molecule has 0 aliphatic carbocycles. The zero-order valence-corrected chi connectivity index (χ0v) is 17.3. The highest BCUT2D eigenvalue weighted by Crippen LogP contribution is 2.29. The van der Waals surface area contributed by atoms with Crippen LogP contribution in [0.4, 0.5) is 11.5 Å². The summed E-state index contributed by atoms with van der Waals surface area (Å²) in [6, 6.07) is 7.53. The molecule has 2 N–H and O–H groups in total. The molecule has 2 aliphatic heterocycles. The van der Waals surface area contributed by atoms with Crippen molar-refractivity contribution in [3.05, 3.63) is 47.9 Å². The van der Waals surface area contributed by atoms with Crippen molar-refractivity contribution in [1.82, 2.24) is 20.2 Å². The van der Waals surface area contributed by atoms with E-state index in [2.05, 4.69) is 32.4 Å². The van der Waals surface area contributed by atoms with Crippen LogP contribution in [0.3, 0.4) is 0 Å². The summed E-state index contributed by atoms with van der Waals surface area (Å²) in [7, 11) is 0. The molecule has 0 unspecified atom stereocenters. The van der Waals surface area contributed by atoms with E-state index in [1.165, 1.54) is 0 Å². The summed E-state index contributed by atoms with van der Waals surface area (Å²) in [5.74, 6) is 0.390. The number of hydrogen-bond donors (Lipinski definition) is 2. The Morgan fingerprint density at radius 1 is 1.27 bits per heavy atom. The minimum atomic E-state index is -0.143. The van der Waals surface area contributed by atoms with Gasteiger partial charge in [-0.05, 0) is 44.0 Å². The number of aromatic nitrogens is 2. The largest absolute Gasteiger partial charge is 0.359 e. The standard InChI is InChI=1S/C22H28N6O2/c1-2-9-27-10-6-17(7-11-27)26-22(30)16-12-19-21(24-13-16)25-14-20(29)28(19)15-18-5-3-4-8-23-18/h3-5,8,12-13,17H,2,6-7,9-11,14-15H2,1H3,(H,24,25)(H,26,30). The molecule has 4 heterocycles. The van der Waals surface area contributed by atoms with Crippen molar-refractivity contribution in [2.45, 2.75) is 38.8 Å². The fourth-order valence-corrected chi connectivity index (χ4v) is 4.02. The number of nitrogens with zero attached hydrogens (tertiary/aromatic N) is 4. The molecule has 30 heavy (non-hydrogen) atoms. The molecular weight excluding hydrogens is 380 g/mol. The minimum Gasteiger partial charge on any atom is -0.359 e. The molecule has 8 heteroatoms. The first-order chi connectivity index (χ1) is 14.6. The number of anilines is 2. The first-order valence-electron chi connectivity index (χ1n) is 10.6. The molecule has 158 valence electrons. The average Bonchev–Trinajstić information content (AvgIpc) is 2.77. The summed E-state index contributed by atoms with van der Waals surface area (Å²) in [6.45, 7) is 5.84. The van der Waals surface area contributed by atoms with Gasteiger partial charge in [0, 0.05) is 31.5 Å². The third-order valence-corrected chi connectivity index (χ3v) is 5.64. The molecule has 0 aromatic carbocycles. The second-order valence-electron chi connectivity index (χ2n) is 7.84. The lowest BCUT2D eigenvalue weighted by atomic mass is 10.0. The van der Waals surface area contributed by atoms with Gasteiger partial charge in [-0.25, -0.2) is 4.98 Å². The fourth-order valence-electron chi connectivity index (χ4n) is 4.02. The molecule has 0 atom stereocenters. The van der Waals surface area contributed by atoms with Gasteiger partial charge in [0.25, 0.3) is 5.91 Å². The van der Waals surface area contributed by atoms with Gasteiger partial charge in [-0.2, -0.15) is 0 Å². The molecule has 1 fully saturated rings. The van der Waals surface area contributed by atoms with Crippen LogP contribution in [0.15, 0.2) is 36.7 Å². The Morgan fingerprint density at radius 2 is 2.10 bits per heavy atom. The summed E-state index contributed by atoms with van der Waals surface area (Å²) in [5.41, 5.74) is 1.86. The van der Waals surface area contributed by atoms with Crippen molar-refractivity contribution in [1.29, 1.82) is 0 Å². The van der Waals surface area contributed by atoms with Crippen molar-refractivity contribution < 1.29 is 9.59 Å². The zero-order chi connectivity index (χ0) is 20.9. The molecule has 2 aromatic rings. The van der Waals surface area contributed by atoms with E-state index in [1.54, 1.807) is 23.4 Å². The van der Waals surface area contributed by atoms with Crippen LogP contribution in [0, 0.1) is 0 Å². The highest BCUT2D eigenvalue weighted by molar-refractivity contribution is 6.04. The summed E-state index contributed by atoms with van der Waals surface area (Å²) >= 11 is 0. The van der Waals surface area contributed by atoms with Crippen molar-refractivity contribution >= 4 is 23.3 Å². The lowest BCUT2D eigenvalue weighted by Crippen LogP contribution is -2.45. The number of rotatable bonds is 6. The quantitative estimate of drug-likeness (QED) is 0.760. The Hall–Kier alpha value is -3.00. The maximum Gasteiger partial charge on any atom is 0.253 e. The van der Waals surface area contributed by atoms with Crippen molar-refractivity contribution in [2.24, 2.45) is 0 Å². The van der Waals surface area contributed by atoms with Crippen LogP contribution in [0.25, 0.3) is 0 Å². The summed E-state index contributed by atoms with van der Waals surface area (Å²) in [6.07, 6.45) is 6.34. The van der Waals surface area contributed by atoms with Crippen molar-refractivity contribution in [3.8, 4) is 0 Å². The molecule has 2 aliphatic rings. The van der Waals surface area contributed by atoms with Crippen molar-refractivity contribution in [3.63, 3.8) is 0 Å². The molecule has 2 amide bonds. The van der Waals surface area contributed by atoms with E-state index < -0.39 is 0 Å². The van der Waals surface area contributed by atoms with Gasteiger partial charge in [-0.1, -0.05) is 13.0 Å². The lowest BCUT2D eigenvalue weighted by Gasteiger charge is -2.32. The zero-order valence-electron chi connectivity index (χ0n) is 17.3. The second kappa shape index (κ2) is 9.21. The van der Waals surface area contributed by atoms with E-state index in [-0.39, 0.29) is 24.4 Å². The molecule has 2 aromatic heterocycles. The summed E-state index contributed by atoms with van der Waals surface area (Å²) < 4.78 is 0. The number of fused-ring (bicyclic) bond motifs is 1. The average molecular weight is 409 g/mol. The van der Waals surface area contributed by atoms with E-state index in [1.807, 2.05) is 18.2 Å². The van der Waals surface area contributed by atoms with E-state index in [4.69, 9.17) is 0 Å². The Balaban J connectivity index is 1.47. The molecule has 8 nitrogen and oxygen atoms in total. The normalized spacial score (nSPS) is 17.4. The van der Waals surface area contributed by atoms with Crippen LogP contribution in [0.2, 0.25) is 0 Å². The topological polar surface area (TPSA) is 90.5 Å². The SMILES string of the molecule is CCCN1CCC(NC(=O)c2cnc3c(c2)N(Cc2ccccn2)C(=O)CN3)CC1. The lowest BCUT2D eigenvalue weighted by molar-refractivity contribution is -0.117. The highest BCUT2D eigenvalue weighted by Gasteiger charge is 2.27. The number of carbonyl (C=O) groups is 2. The molecule has 0 saturated carbocycles. The molecule has 4 rings (SSSR count). The minimum absolute atomic E-state index is 0.0733. The fraction of sp³-hybridized carbons (Fsp3) is 0.455. The van der Waals surface area contributed by atoms with E-state index in [0.717, 1.165) is 44.6 Å². The van der Waals surface area contributed by atoms with Gasteiger partial charge in [-0.3, -0.25) is 14.6 Å². The third kappa shape index (κ3) is 4.59. The van der Waals surface area contributed by atoms with Gasteiger partial charge >= 0.3 is 0 Å². The molecule has 0 spiro atoms. The number of hydrogen-bond acceptors (Lipinski definition) is 6. The van der Waals surface area contributed by atoms with Gasteiger partial charge in [0.2, 0.25) is 5.91 Å². The Kier molecular flexibility index (Phi) is 6.23. The van der Waals surface area contributed by atoms with Crippen LogP contribution < -0.4 is 15.5 Å². The Bertz CT molecular complexity index is 896. The molecule has 1 saturated heterocycles. The van der Waals surface area contributed by atoms with Gasteiger partial charge in [-0.15, -0.1) is 0 Å². The predicted octanol–water partition coefficient (Wildman–Crippen LogP) is 2.04. The number of piperidine rings is 1. The van der Waals surface area contributed by atoms with E-state index >= 15 is 0 Å². The maximum atomic E-state index is 12.9. The predicted molar refractivity (Wildman–Crippen MR) is 115 cm³/mol. The summed E-state index contributed by atoms with van der Waals surface area (Å²) in [4.78, 5) is 38.2. The number of likely N-dealkylation sites (tertiary alicyclic amines) is 1. The maximum absolute atomic E-state index is 12.9. The second-order valence-corrected chi connectivity index (χ2v) is 7.84. The van der Waals surface area contributed by atoms with Crippen LogP contribution in [-0.2, 0) is 11.3 Å². The number of pyridine rings is 2. The summed E-state index contributed by atoms with van der Waals surface area (Å²) in [5, 5.41) is 6.17. The highest BCUT2D eigenvalue weighted by atomic mass is 16.2. The number of amides is 2. The number of nitrogens with one attached hydrogen (secondary N) is 2. The van der Waals surface area contributed by atoms with Crippen LogP contribution in [0.5, 0.6) is 0 Å². The smallest absolute Gasteiger partial charge is 0.253 e. The van der Waals surface area contributed by atoms with Crippen LogP contribution in [0.1, 0.15) is 42.2 Å². The molecule has 0 radical (unpaired) electrons. The van der Waals surface area contributed by atoms with E-state index in [0.29, 0.717) is 23.6 Å². The monoisotopic (exact) mass is 408 g/mol. The van der Waals surface area contributed by atoms with Gasteiger partial charge in [0.15, 0.2) is 5.82 Å². The Morgan fingerprint density at radius 3 is 2.83 bits per heavy atom. The third-order valence-electron chi connectivity index (χ3n) is 5.64. The number of carbonyl (C=O) groups excluding carboxylic acids is 2. The molecule has 0 bridgehead atoms. The van der Waals surface area contributed by atoms with Gasteiger partial charge < -0.3 is 20.4 Å². The van der Waals surface area contributed by atoms with Gasteiger partial charge in [0.05, 0.1) is 30.0 Å². The van der Waals surface area contributed by atoms with Crippen molar-refractivity contribution in [2.75, 3.05) is 36.4 Å². The van der Waals surface area contributed by atoms with Crippen LogP contribution in [-0.4, -0.2) is 58.9 Å². The van der Waals surface area contributed by atoms with Gasteiger partial charge in [0.1, 0.15) is 0 Å². The van der Waals surface area contributed by atoms with Crippen LogP contribution >= 0.6 is 0 Å².